The largest absolute Gasteiger partial charge is 0.394 e. The molecule has 9 nitrogen and oxygen atoms in total. The van der Waals surface area contributed by atoms with Crippen molar-refractivity contribution in [1.29, 1.82) is 0 Å². The molecule has 450 valence electrons. The van der Waals surface area contributed by atoms with Crippen LogP contribution in [0.5, 0.6) is 0 Å². The molecule has 0 aromatic carbocycles. The maximum Gasteiger partial charge on any atom is 0.227 e. The van der Waals surface area contributed by atoms with Crippen molar-refractivity contribution in [3.05, 3.63) is 0 Å². The van der Waals surface area contributed by atoms with Gasteiger partial charge in [-0.1, -0.05) is 193 Å². The second-order valence-electron chi connectivity index (χ2n) is 30.3. The molecule has 0 spiro atoms. The van der Waals surface area contributed by atoms with Crippen LogP contribution in [0.4, 0.5) is 0 Å². The van der Waals surface area contributed by atoms with Gasteiger partial charge in [0.05, 0.1) is 24.0 Å². The fourth-order valence-corrected chi connectivity index (χ4v) is 24.9. The van der Waals surface area contributed by atoms with Gasteiger partial charge in [0.1, 0.15) is 24.4 Å². The Morgan fingerprint density at radius 2 is 0.734 bits per heavy atom. The summed E-state index contributed by atoms with van der Waals surface area (Å²) in [6.45, 7) is 0.00823. The Kier molecular flexibility index (Phi) is 19.4. The molecule has 2 amide bonds. The van der Waals surface area contributed by atoms with Crippen LogP contribution in [0.1, 0.15) is 321 Å². The van der Waals surface area contributed by atoms with Crippen molar-refractivity contribution in [3.63, 3.8) is 0 Å². The summed E-state index contributed by atoms with van der Waals surface area (Å²) in [5.74, 6) is 1.87. The van der Waals surface area contributed by atoms with Gasteiger partial charge in [0.2, 0.25) is 11.8 Å². The Hall–Kier alpha value is -1.26. The summed E-state index contributed by atoms with van der Waals surface area (Å²) in [6, 6.07) is -1.02. The number of carbonyl (C=O) groups is 2. The van der Waals surface area contributed by atoms with Gasteiger partial charge in [-0.15, -0.1) is 0 Å². The number of hydrogen-bond donors (Lipinski definition) is 5. The van der Waals surface area contributed by atoms with Crippen molar-refractivity contribution in [3.8, 4) is 0 Å². The molecule has 2 unspecified atom stereocenters. The van der Waals surface area contributed by atoms with E-state index in [1.54, 1.807) is 0 Å². The van der Waals surface area contributed by atoms with Gasteiger partial charge < -0.3 is 35.4 Å². The minimum absolute atomic E-state index is 0.0106. The van der Waals surface area contributed by atoms with Gasteiger partial charge in [-0.3, -0.25) is 9.59 Å². The van der Waals surface area contributed by atoms with E-state index in [9.17, 15) is 15.3 Å². The van der Waals surface area contributed by atoms with Crippen LogP contribution in [0.3, 0.4) is 0 Å². The van der Waals surface area contributed by atoms with E-state index in [-0.39, 0.29) is 45.5 Å². The van der Waals surface area contributed by atoms with Gasteiger partial charge in [-0.05, 0) is 173 Å². The highest BCUT2D eigenvalue weighted by Gasteiger charge is 2.73. The lowest BCUT2D eigenvalue weighted by molar-refractivity contribution is -0.272. The fourth-order valence-electron chi connectivity index (χ4n) is 24.9. The lowest BCUT2D eigenvalue weighted by Gasteiger charge is -2.72. The Morgan fingerprint density at radius 1 is 0.405 bits per heavy atom. The monoisotopic (exact) mass is 1100 g/mol. The van der Waals surface area contributed by atoms with Crippen molar-refractivity contribution in [2.24, 2.45) is 55.2 Å². The lowest BCUT2D eigenvalue weighted by Crippen LogP contribution is -2.70. The molecule has 0 radical (unpaired) electrons. The molecule has 1 aliphatic heterocycles. The van der Waals surface area contributed by atoms with E-state index in [0.29, 0.717) is 12.0 Å². The van der Waals surface area contributed by atoms with Crippen LogP contribution in [-0.4, -0.2) is 77.5 Å². The maximum absolute atomic E-state index is 16.5. The maximum atomic E-state index is 16.5. The number of amides is 2. The molecule has 1 saturated heterocycles. The second-order valence-corrected chi connectivity index (χ2v) is 30.3. The zero-order valence-corrected chi connectivity index (χ0v) is 50.5. The van der Waals surface area contributed by atoms with E-state index >= 15 is 9.59 Å². The normalized spacial score (nSPS) is 34.8. The first-order valence-corrected chi connectivity index (χ1v) is 35.5. The Bertz CT molecular complexity index is 1930. The number of carbonyl (C=O) groups excluding carboxylic acids is 2. The Labute approximate surface area is 481 Å². The van der Waals surface area contributed by atoms with Crippen molar-refractivity contribution in [2.45, 2.75) is 352 Å². The molecule has 79 heavy (non-hydrogen) atoms. The molecule has 5 N–H and O–H groups in total. The molecule has 11 fully saturated rings. The number of rotatable bonds is 16. The molecule has 11 aliphatic rings. The van der Waals surface area contributed by atoms with E-state index in [0.717, 1.165) is 82.5 Å². The first-order chi connectivity index (χ1) is 38.7. The summed E-state index contributed by atoms with van der Waals surface area (Å²) in [4.78, 5) is 32.5. The van der Waals surface area contributed by atoms with Crippen molar-refractivity contribution in [2.75, 3.05) is 19.8 Å². The third kappa shape index (κ3) is 10.1. The first-order valence-electron chi connectivity index (χ1n) is 35.5. The van der Waals surface area contributed by atoms with Crippen LogP contribution in [0.25, 0.3) is 0 Å². The van der Waals surface area contributed by atoms with Gasteiger partial charge in [0.25, 0.3) is 0 Å². The van der Waals surface area contributed by atoms with Crippen LogP contribution < -0.4 is 10.6 Å². The third-order valence-electron chi connectivity index (χ3n) is 27.8. The smallest absolute Gasteiger partial charge is 0.227 e. The number of nitrogens with one attached hydrogen (secondary N) is 2. The SMILES string of the molecule is O=C(NCCO[C@@H]1OC(CO)[C@H](O)C(O)[C@@H]1NC(=O)C1(C2(C3(C4(C5CCCCC5)CCCCC4)CCCCC3)CCCCC2)CCCCC1)C1(C2(C3(C4(C5CCCCC5)CCCCC4)CCCCC3)CCCCC2)CCCCC1. The predicted molar refractivity (Wildman–Crippen MR) is 316 cm³/mol. The van der Waals surface area contributed by atoms with Crippen molar-refractivity contribution in [1.82, 2.24) is 10.6 Å². The van der Waals surface area contributed by atoms with E-state index in [2.05, 4.69) is 10.6 Å². The molecular weight excluding hydrogens is 981 g/mol. The predicted octanol–water partition coefficient (Wildman–Crippen LogP) is 15.8. The van der Waals surface area contributed by atoms with Gasteiger partial charge in [-0.25, -0.2) is 0 Å². The Balaban J connectivity index is 0.884. The summed E-state index contributed by atoms with van der Waals surface area (Å²) in [6.07, 6.45) is 57.9. The van der Waals surface area contributed by atoms with Crippen molar-refractivity contribution < 1.29 is 34.4 Å². The van der Waals surface area contributed by atoms with Crippen LogP contribution in [-0.2, 0) is 19.1 Å². The van der Waals surface area contributed by atoms with Gasteiger partial charge in [0.15, 0.2) is 6.29 Å². The summed E-state index contributed by atoms with van der Waals surface area (Å²) in [5, 5.41) is 41.9. The van der Waals surface area contributed by atoms with E-state index in [1.165, 1.54) is 250 Å². The molecule has 0 aromatic heterocycles. The van der Waals surface area contributed by atoms with E-state index in [4.69, 9.17) is 9.47 Å². The molecule has 5 atom stereocenters. The average molecular weight is 1100 g/mol. The minimum atomic E-state index is -1.38. The van der Waals surface area contributed by atoms with Gasteiger partial charge >= 0.3 is 0 Å². The topological polar surface area (TPSA) is 137 Å². The number of hydrogen-bond acceptors (Lipinski definition) is 7. The highest BCUT2D eigenvalue weighted by molar-refractivity contribution is 5.85. The third-order valence-corrected chi connectivity index (χ3v) is 27.8. The number of ether oxygens (including phenoxy) is 2. The second kappa shape index (κ2) is 25.8. The van der Waals surface area contributed by atoms with Gasteiger partial charge in [-0.2, -0.15) is 0 Å². The van der Waals surface area contributed by atoms with E-state index in [1.807, 2.05) is 0 Å². The summed E-state index contributed by atoms with van der Waals surface area (Å²) in [5.41, 5.74) is -0.261. The Morgan fingerprint density at radius 3 is 1.11 bits per heavy atom. The average Bonchev–Trinajstić information content (AvgIpc) is 2.32. The standard InChI is InChI=1S/C70H118N2O7/c73-53-56-58(74)59(75)57(72-62(77)66(41-21-6-22-42-66)70(49-29-10-30-50-70)68(45-25-8-26-46-68)64(37-17-4-18-38-64)55-33-13-2-14-34-55)60(79-56)78-52-51-71-61(76)65(39-19-5-20-40-65)69(47-27-9-28-48-69)67(43-23-7-24-44-67)63(35-15-3-16-36-63)54-31-11-1-12-32-54/h54-60,73-75H,1-53H2,(H,71,76)(H,72,77)/t56?,57-,58-,59?,60+/m0/s1. The molecule has 1 heterocycles. The molecule has 0 aromatic rings. The lowest BCUT2D eigenvalue weighted by atomic mass is 9.32. The van der Waals surface area contributed by atoms with Crippen LogP contribution in [0, 0.1) is 55.2 Å². The zero-order chi connectivity index (χ0) is 54.5. The van der Waals surface area contributed by atoms with Crippen LogP contribution in [0.2, 0.25) is 0 Å². The minimum Gasteiger partial charge on any atom is -0.394 e. The molecule has 10 saturated carbocycles. The quantitative estimate of drug-likeness (QED) is 0.0971. The molecule has 10 aliphatic carbocycles. The van der Waals surface area contributed by atoms with Crippen LogP contribution >= 0.6 is 0 Å². The highest BCUT2D eigenvalue weighted by atomic mass is 16.7. The number of aliphatic hydroxyl groups is 3. The number of aliphatic hydroxyl groups excluding tert-OH is 3. The molecule has 0 bridgehead atoms. The molecular formula is C70H118N2O7. The molecule has 9 heteroatoms. The van der Waals surface area contributed by atoms with Crippen molar-refractivity contribution >= 4 is 11.8 Å². The van der Waals surface area contributed by atoms with Gasteiger partial charge in [0, 0.05) is 6.54 Å². The fraction of sp³-hybridized carbons (Fsp3) is 0.971. The summed E-state index contributed by atoms with van der Waals surface area (Å²) >= 11 is 0. The summed E-state index contributed by atoms with van der Waals surface area (Å²) < 4.78 is 13.3. The zero-order valence-electron chi connectivity index (χ0n) is 50.5. The first kappa shape index (κ1) is 59.5. The molecule has 11 rings (SSSR count). The van der Waals surface area contributed by atoms with Crippen LogP contribution in [0.15, 0.2) is 0 Å². The van der Waals surface area contributed by atoms with E-state index < -0.39 is 48.1 Å². The summed E-state index contributed by atoms with van der Waals surface area (Å²) in [7, 11) is 0. The highest BCUT2D eigenvalue weighted by Crippen LogP contribution is 2.79.